The largest absolute Gasteiger partial charge is 0.396 e. The average Bonchev–Trinajstić information content (AvgIpc) is 3.37. The second-order valence-electron chi connectivity index (χ2n) is 8.85. The molecule has 4 aromatic heterocycles. The minimum atomic E-state index is -0.268. The van der Waals surface area contributed by atoms with Crippen molar-refractivity contribution in [1.82, 2.24) is 34.3 Å². The number of aliphatic hydroxyl groups is 2. The molecule has 0 saturated heterocycles. The van der Waals surface area contributed by atoms with E-state index in [1.165, 1.54) is 0 Å². The van der Waals surface area contributed by atoms with Crippen LogP contribution in [0.15, 0.2) is 36.9 Å². The second kappa shape index (κ2) is 8.64. The number of pyridine rings is 1. The number of aliphatic hydroxyl groups excluding tert-OH is 2. The Kier molecular flexibility index (Phi) is 5.90. The summed E-state index contributed by atoms with van der Waals surface area (Å²) < 4.78 is 3.78. The molecule has 0 saturated carbocycles. The van der Waals surface area contributed by atoms with E-state index < -0.39 is 0 Å². The number of nitrogens with one attached hydrogen (secondary N) is 1. The van der Waals surface area contributed by atoms with Crippen molar-refractivity contribution in [1.29, 1.82) is 0 Å². The first kappa shape index (κ1) is 21.8. The Morgan fingerprint density at radius 3 is 2.62 bits per heavy atom. The van der Waals surface area contributed by atoms with Gasteiger partial charge in [0.05, 0.1) is 23.5 Å². The fourth-order valence-electron chi connectivity index (χ4n) is 3.56. The summed E-state index contributed by atoms with van der Waals surface area (Å²) in [6, 6.07) is 3.82. The van der Waals surface area contributed by atoms with Gasteiger partial charge in [0, 0.05) is 43.1 Å². The first-order chi connectivity index (χ1) is 15.3. The highest BCUT2D eigenvalue weighted by Crippen LogP contribution is 2.25. The molecule has 3 N–H and O–H groups in total. The minimum absolute atomic E-state index is 0.0744. The molecule has 168 valence electrons. The molecule has 0 aromatic carbocycles. The van der Waals surface area contributed by atoms with Crippen LogP contribution in [0.25, 0.3) is 22.4 Å². The summed E-state index contributed by atoms with van der Waals surface area (Å²) in [6.07, 6.45) is 6.96. The molecule has 0 aliphatic carbocycles. The van der Waals surface area contributed by atoms with Crippen LogP contribution in [0.1, 0.15) is 39.6 Å². The molecular weight excluding hydrogens is 408 g/mol. The topological polar surface area (TPSA) is 127 Å². The van der Waals surface area contributed by atoms with Crippen LogP contribution in [-0.4, -0.2) is 51.1 Å². The lowest BCUT2D eigenvalue weighted by molar-refractivity contribution is 0.136. The zero-order valence-electron chi connectivity index (χ0n) is 18.7. The van der Waals surface area contributed by atoms with Gasteiger partial charge in [-0.15, -0.1) is 0 Å². The monoisotopic (exact) mass is 436 g/mol. The smallest absolute Gasteiger partial charge is 0.164 e. The molecule has 0 radical (unpaired) electrons. The highest BCUT2D eigenvalue weighted by Gasteiger charge is 2.18. The van der Waals surface area contributed by atoms with Gasteiger partial charge in [-0.1, -0.05) is 13.8 Å². The fourth-order valence-corrected chi connectivity index (χ4v) is 3.56. The highest BCUT2D eigenvalue weighted by molar-refractivity contribution is 5.79. The van der Waals surface area contributed by atoms with Gasteiger partial charge in [-0.3, -0.25) is 4.68 Å². The van der Waals surface area contributed by atoms with E-state index in [1.54, 1.807) is 29.3 Å². The molecule has 4 heterocycles. The molecule has 10 nitrogen and oxygen atoms in total. The Balaban J connectivity index is 1.59. The van der Waals surface area contributed by atoms with Crippen LogP contribution in [0.2, 0.25) is 0 Å². The van der Waals surface area contributed by atoms with Crippen molar-refractivity contribution in [3.8, 4) is 11.4 Å². The Morgan fingerprint density at radius 1 is 1.09 bits per heavy atom. The van der Waals surface area contributed by atoms with Gasteiger partial charge in [0.25, 0.3) is 0 Å². The van der Waals surface area contributed by atoms with E-state index in [0.29, 0.717) is 29.8 Å². The molecule has 0 amide bonds. The number of fused-ring (bicyclic) bond motifs is 1. The van der Waals surface area contributed by atoms with Crippen LogP contribution < -0.4 is 5.32 Å². The number of aromatic nitrogens is 7. The zero-order chi connectivity index (χ0) is 22.9. The SMILES string of the molecule is CC(C)n1c(CO)nc2cnc(Nc3ccnc(-c4cnn(CC(C)(C)CO)c4)n3)cc21. The highest BCUT2D eigenvalue weighted by atomic mass is 16.3. The molecule has 4 aromatic rings. The number of hydrogen-bond acceptors (Lipinski definition) is 8. The van der Waals surface area contributed by atoms with Crippen LogP contribution in [0, 0.1) is 5.41 Å². The van der Waals surface area contributed by atoms with Gasteiger partial charge in [-0.25, -0.2) is 19.9 Å². The summed E-state index contributed by atoms with van der Waals surface area (Å²) in [5.41, 5.74) is 2.14. The van der Waals surface area contributed by atoms with Gasteiger partial charge < -0.3 is 20.1 Å². The fraction of sp³-hybridized carbons (Fsp3) is 0.409. The van der Waals surface area contributed by atoms with Gasteiger partial charge in [-0.2, -0.15) is 5.10 Å². The van der Waals surface area contributed by atoms with Crippen molar-refractivity contribution in [3.05, 3.63) is 42.7 Å². The first-order valence-electron chi connectivity index (χ1n) is 10.5. The molecule has 0 unspecified atom stereocenters. The minimum Gasteiger partial charge on any atom is -0.396 e. The Hall–Kier alpha value is -3.37. The third-order valence-corrected chi connectivity index (χ3v) is 5.13. The lowest BCUT2D eigenvalue weighted by Gasteiger charge is -2.20. The molecule has 10 heteroatoms. The maximum atomic E-state index is 9.63. The van der Waals surface area contributed by atoms with E-state index in [0.717, 1.165) is 16.6 Å². The molecular formula is C22H28N8O2. The van der Waals surface area contributed by atoms with E-state index in [-0.39, 0.29) is 24.7 Å². The molecule has 0 fully saturated rings. The third kappa shape index (κ3) is 4.46. The van der Waals surface area contributed by atoms with E-state index in [1.807, 2.05) is 44.5 Å². The number of anilines is 2. The third-order valence-electron chi connectivity index (χ3n) is 5.13. The Bertz CT molecular complexity index is 1230. The van der Waals surface area contributed by atoms with Crippen molar-refractivity contribution in [2.45, 2.75) is 46.9 Å². The Morgan fingerprint density at radius 2 is 1.91 bits per heavy atom. The summed E-state index contributed by atoms with van der Waals surface area (Å²) in [6.45, 7) is 8.59. The van der Waals surface area contributed by atoms with E-state index in [4.69, 9.17) is 0 Å². The van der Waals surface area contributed by atoms with E-state index in [2.05, 4.69) is 30.4 Å². The summed E-state index contributed by atoms with van der Waals surface area (Å²) in [5, 5.41) is 26.7. The summed E-state index contributed by atoms with van der Waals surface area (Å²) >= 11 is 0. The Labute approximate surface area is 186 Å². The van der Waals surface area contributed by atoms with Gasteiger partial charge >= 0.3 is 0 Å². The lowest BCUT2D eigenvalue weighted by Crippen LogP contribution is -2.23. The second-order valence-corrected chi connectivity index (χ2v) is 8.85. The standard InChI is InChI=1S/C22H28N8O2/c1-14(2)30-17-7-19(24-9-16(17)26-20(30)11-31)27-18-5-6-23-21(28-18)15-8-25-29(10-15)12-22(3,4)13-32/h5-10,14,31-32H,11-13H2,1-4H3,(H,23,24,27,28). The maximum absolute atomic E-state index is 9.63. The predicted molar refractivity (Wildman–Crippen MR) is 121 cm³/mol. The summed E-state index contributed by atoms with van der Waals surface area (Å²) in [4.78, 5) is 17.9. The molecule has 32 heavy (non-hydrogen) atoms. The summed E-state index contributed by atoms with van der Waals surface area (Å²) in [5.74, 6) is 2.37. The average molecular weight is 437 g/mol. The van der Waals surface area contributed by atoms with Gasteiger partial charge in [0.2, 0.25) is 0 Å². The van der Waals surface area contributed by atoms with Crippen LogP contribution in [0.3, 0.4) is 0 Å². The van der Waals surface area contributed by atoms with Crippen molar-refractivity contribution in [2.24, 2.45) is 5.41 Å². The maximum Gasteiger partial charge on any atom is 0.164 e. The van der Waals surface area contributed by atoms with Gasteiger partial charge in [-0.05, 0) is 19.9 Å². The normalized spacial score (nSPS) is 12.1. The molecule has 0 aliphatic heterocycles. The van der Waals surface area contributed by atoms with Crippen LogP contribution in [0.5, 0.6) is 0 Å². The lowest BCUT2D eigenvalue weighted by atomic mass is 9.95. The summed E-state index contributed by atoms with van der Waals surface area (Å²) in [7, 11) is 0. The van der Waals surface area contributed by atoms with Crippen LogP contribution in [0.4, 0.5) is 11.6 Å². The molecule has 0 atom stereocenters. The van der Waals surface area contributed by atoms with E-state index >= 15 is 0 Å². The zero-order valence-corrected chi connectivity index (χ0v) is 18.7. The van der Waals surface area contributed by atoms with Gasteiger partial charge in [0.1, 0.15) is 29.6 Å². The van der Waals surface area contributed by atoms with Crippen molar-refractivity contribution < 1.29 is 10.2 Å². The number of imidazole rings is 1. The molecule has 0 aliphatic rings. The quantitative estimate of drug-likeness (QED) is 0.385. The van der Waals surface area contributed by atoms with Crippen molar-refractivity contribution in [3.63, 3.8) is 0 Å². The first-order valence-corrected chi connectivity index (χ1v) is 10.5. The van der Waals surface area contributed by atoms with Crippen LogP contribution in [-0.2, 0) is 13.2 Å². The predicted octanol–water partition coefficient (Wildman–Crippen LogP) is 2.92. The van der Waals surface area contributed by atoms with Crippen molar-refractivity contribution >= 4 is 22.7 Å². The van der Waals surface area contributed by atoms with Gasteiger partial charge in [0.15, 0.2) is 5.82 Å². The van der Waals surface area contributed by atoms with E-state index in [9.17, 15) is 10.2 Å². The number of rotatable bonds is 8. The number of nitrogens with zero attached hydrogens (tertiary/aromatic N) is 7. The number of hydrogen-bond donors (Lipinski definition) is 3. The molecule has 4 rings (SSSR count). The van der Waals surface area contributed by atoms with Crippen molar-refractivity contribution in [2.75, 3.05) is 11.9 Å². The van der Waals surface area contributed by atoms with Crippen LogP contribution >= 0.6 is 0 Å². The molecule has 0 spiro atoms. The molecule has 0 bridgehead atoms.